The molecule has 6 nitrogen and oxygen atoms in total. The van der Waals surface area contributed by atoms with E-state index in [-0.39, 0.29) is 23.0 Å². The molecule has 0 spiro atoms. The summed E-state index contributed by atoms with van der Waals surface area (Å²) >= 11 is 12.4. The summed E-state index contributed by atoms with van der Waals surface area (Å²) in [6.45, 7) is 5.10. The summed E-state index contributed by atoms with van der Waals surface area (Å²) in [6, 6.07) is 11.7. The predicted octanol–water partition coefficient (Wildman–Crippen LogP) is 4.84. The number of halogens is 2. The highest BCUT2D eigenvalue weighted by Crippen LogP contribution is 2.33. The third-order valence-electron chi connectivity index (χ3n) is 5.89. The third-order valence-corrected chi connectivity index (χ3v) is 7.61. The van der Waals surface area contributed by atoms with Crippen molar-refractivity contribution in [3.63, 3.8) is 0 Å². The molecule has 2 aromatic rings. The lowest BCUT2D eigenvalue weighted by molar-refractivity contribution is -0.122. The molecule has 0 unspecified atom stereocenters. The van der Waals surface area contributed by atoms with Gasteiger partial charge in [-0.25, -0.2) is 8.42 Å². The molecule has 1 amide bonds. The van der Waals surface area contributed by atoms with E-state index in [4.69, 9.17) is 23.2 Å². The van der Waals surface area contributed by atoms with E-state index < -0.39 is 16.1 Å². The monoisotopic (exact) mass is 511 g/mol. The maximum Gasteiger partial charge on any atom is 0.244 e. The largest absolute Gasteiger partial charge is 0.350 e. The second-order valence-electron chi connectivity index (χ2n) is 8.40. The predicted molar refractivity (Wildman–Crippen MR) is 135 cm³/mol. The van der Waals surface area contributed by atoms with Gasteiger partial charge in [-0.2, -0.15) is 0 Å². The van der Waals surface area contributed by atoms with Crippen LogP contribution in [0.25, 0.3) is 0 Å². The van der Waals surface area contributed by atoms with Gasteiger partial charge in [-0.1, -0.05) is 60.8 Å². The second kappa shape index (κ2) is 11.6. The Balaban J connectivity index is 1.78. The fraction of sp³-hybridized carbons (Fsp3) is 0.458. The third kappa shape index (κ3) is 6.85. The normalized spacial score (nSPS) is 15.8. The number of hydrogen-bond acceptors (Lipinski definition) is 4. The van der Waals surface area contributed by atoms with E-state index in [2.05, 4.69) is 16.3 Å². The maximum atomic E-state index is 13.2. The lowest BCUT2D eigenvalue weighted by Gasteiger charge is -2.31. The summed E-state index contributed by atoms with van der Waals surface area (Å²) < 4.78 is 26.4. The van der Waals surface area contributed by atoms with Crippen LogP contribution >= 0.6 is 23.2 Å². The number of likely N-dealkylation sites (tertiary alicyclic amines) is 1. The van der Waals surface area contributed by atoms with Crippen LogP contribution in [0.4, 0.5) is 5.69 Å². The van der Waals surface area contributed by atoms with Crippen molar-refractivity contribution in [3.05, 3.63) is 63.6 Å². The van der Waals surface area contributed by atoms with Gasteiger partial charge in [-0.15, -0.1) is 0 Å². The summed E-state index contributed by atoms with van der Waals surface area (Å²) in [5, 5.41) is 3.49. The molecule has 0 bridgehead atoms. The molecule has 180 valence electrons. The van der Waals surface area contributed by atoms with E-state index in [9.17, 15) is 13.2 Å². The number of anilines is 1. The number of nitrogens with one attached hydrogen (secondary N) is 1. The van der Waals surface area contributed by atoms with E-state index in [1.165, 1.54) is 37.0 Å². The molecular weight excluding hydrogens is 481 g/mol. The number of nitrogens with zero attached hydrogens (tertiary/aromatic N) is 2. The number of carbonyl (C=O) groups excluding carboxylic acids is 1. The van der Waals surface area contributed by atoms with E-state index in [1.54, 1.807) is 13.0 Å². The molecule has 2 aromatic carbocycles. The average molecular weight is 513 g/mol. The average Bonchev–Trinajstić information content (AvgIpc) is 2.78. The molecule has 0 aromatic heterocycles. The molecule has 1 N–H and O–H groups in total. The van der Waals surface area contributed by atoms with E-state index >= 15 is 0 Å². The van der Waals surface area contributed by atoms with Crippen LogP contribution in [0.2, 0.25) is 10.0 Å². The molecule has 0 saturated carbocycles. The van der Waals surface area contributed by atoms with Gasteiger partial charge in [0.1, 0.15) is 6.04 Å². The van der Waals surface area contributed by atoms with Crippen LogP contribution in [-0.2, 0) is 27.9 Å². The fourth-order valence-electron chi connectivity index (χ4n) is 4.23. The van der Waals surface area contributed by atoms with E-state index in [0.717, 1.165) is 35.8 Å². The number of rotatable bonds is 9. The minimum atomic E-state index is -3.80. The lowest BCUT2D eigenvalue weighted by Crippen LogP contribution is -2.49. The number of piperidine rings is 1. The van der Waals surface area contributed by atoms with Crippen molar-refractivity contribution in [3.8, 4) is 0 Å². The first kappa shape index (κ1) is 25.8. The topological polar surface area (TPSA) is 69.7 Å². The lowest BCUT2D eigenvalue weighted by atomic mass is 10.0. The Kier molecular flexibility index (Phi) is 9.04. The molecule has 0 radical (unpaired) electrons. The van der Waals surface area contributed by atoms with Crippen molar-refractivity contribution in [2.45, 2.75) is 51.7 Å². The van der Waals surface area contributed by atoms with Crippen molar-refractivity contribution in [1.29, 1.82) is 0 Å². The summed E-state index contributed by atoms with van der Waals surface area (Å²) in [6.07, 6.45) is 5.04. The van der Waals surface area contributed by atoms with Gasteiger partial charge in [0.2, 0.25) is 15.9 Å². The van der Waals surface area contributed by atoms with Gasteiger partial charge in [0.05, 0.1) is 17.0 Å². The molecule has 0 aliphatic carbocycles. The quantitative estimate of drug-likeness (QED) is 0.522. The Morgan fingerprint density at radius 3 is 2.39 bits per heavy atom. The summed E-state index contributed by atoms with van der Waals surface area (Å²) in [5.41, 5.74) is 2.39. The number of sulfonamides is 1. The highest BCUT2D eigenvalue weighted by Gasteiger charge is 2.33. The summed E-state index contributed by atoms with van der Waals surface area (Å²) in [7, 11) is -3.80. The molecular formula is C24H31Cl2N3O3S. The van der Waals surface area contributed by atoms with Gasteiger partial charge in [-0.3, -0.25) is 14.0 Å². The molecule has 1 saturated heterocycles. The minimum Gasteiger partial charge on any atom is -0.350 e. The Morgan fingerprint density at radius 2 is 1.76 bits per heavy atom. The fourth-order valence-corrected chi connectivity index (χ4v) is 5.87. The Labute approximate surface area is 206 Å². The van der Waals surface area contributed by atoms with Crippen molar-refractivity contribution < 1.29 is 13.2 Å². The van der Waals surface area contributed by atoms with Crippen LogP contribution < -0.4 is 9.62 Å². The molecule has 1 fully saturated rings. The Bertz CT molecular complexity index is 1070. The van der Waals surface area contributed by atoms with Gasteiger partial charge >= 0.3 is 0 Å². The van der Waals surface area contributed by atoms with Crippen LogP contribution in [0.1, 0.15) is 43.7 Å². The van der Waals surface area contributed by atoms with Crippen molar-refractivity contribution in [2.75, 3.05) is 23.7 Å². The van der Waals surface area contributed by atoms with Gasteiger partial charge in [0.15, 0.2) is 0 Å². The molecule has 9 heteroatoms. The first-order valence-corrected chi connectivity index (χ1v) is 13.8. The molecule has 1 aliphatic rings. The van der Waals surface area contributed by atoms with Gasteiger partial charge < -0.3 is 5.32 Å². The summed E-state index contributed by atoms with van der Waals surface area (Å²) in [5.74, 6) is -0.383. The smallest absolute Gasteiger partial charge is 0.244 e. The van der Waals surface area contributed by atoms with Crippen molar-refractivity contribution in [2.24, 2.45) is 0 Å². The highest BCUT2D eigenvalue weighted by atomic mass is 35.5. The van der Waals surface area contributed by atoms with Crippen LogP contribution in [0.5, 0.6) is 0 Å². The number of hydrogen-bond donors (Lipinski definition) is 1. The van der Waals surface area contributed by atoms with Crippen LogP contribution in [-0.4, -0.2) is 44.6 Å². The maximum absolute atomic E-state index is 13.2. The molecule has 3 rings (SSSR count). The van der Waals surface area contributed by atoms with E-state index in [1.807, 2.05) is 18.2 Å². The van der Waals surface area contributed by atoms with Crippen molar-refractivity contribution >= 4 is 44.8 Å². The second-order valence-corrected chi connectivity index (χ2v) is 11.1. The van der Waals surface area contributed by atoms with Crippen molar-refractivity contribution in [1.82, 2.24) is 10.2 Å². The number of benzene rings is 2. The standard InChI is InChI=1S/C24H31Cl2N3O3S/c1-3-22(29(33(2,31)32)23-15-20(25)11-12-21(23)26)24(30)27-16-18-9-5-6-10-19(18)17-28-13-7-4-8-14-28/h5-6,9-12,15,22H,3-4,7-8,13-14,16-17H2,1-2H3,(H,27,30)/t22-/m0/s1. The van der Waals surface area contributed by atoms with Gasteiger partial charge in [-0.05, 0) is 61.7 Å². The molecule has 1 heterocycles. The SMILES string of the molecule is CC[C@@H](C(=O)NCc1ccccc1CN1CCCCC1)N(c1cc(Cl)ccc1Cl)S(C)(=O)=O. The zero-order valence-corrected chi connectivity index (χ0v) is 21.4. The van der Waals surface area contributed by atoms with Crippen LogP contribution in [0.15, 0.2) is 42.5 Å². The summed E-state index contributed by atoms with van der Waals surface area (Å²) in [4.78, 5) is 15.6. The first-order chi connectivity index (χ1) is 15.7. The minimum absolute atomic E-state index is 0.194. The molecule has 1 atom stereocenters. The van der Waals surface area contributed by atoms with Gasteiger partial charge in [0, 0.05) is 18.1 Å². The van der Waals surface area contributed by atoms with Crippen LogP contribution in [0, 0.1) is 0 Å². The van der Waals surface area contributed by atoms with Gasteiger partial charge in [0.25, 0.3) is 0 Å². The highest BCUT2D eigenvalue weighted by molar-refractivity contribution is 7.92. The Hall–Kier alpha value is -1.80. The first-order valence-electron chi connectivity index (χ1n) is 11.2. The van der Waals surface area contributed by atoms with E-state index in [0.29, 0.717) is 11.6 Å². The zero-order chi connectivity index (χ0) is 24.0. The molecule has 1 aliphatic heterocycles. The number of amides is 1. The Morgan fingerprint density at radius 1 is 1.09 bits per heavy atom. The molecule has 33 heavy (non-hydrogen) atoms. The number of carbonyl (C=O) groups is 1. The van der Waals surface area contributed by atoms with Crippen LogP contribution in [0.3, 0.4) is 0 Å². The zero-order valence-electron chi connectivity index (χ0n) is 19.1.